The van der Waals surface area contributed by atoms with Crippen LogP contribution in [0.3, 0.4) is 0 Å². The van der Waals surface area contributed by atoms with Gasteiger partial charge in [0.2, 0.25) is 4.96 Å². The van der Waals surface area contributed by atoms with Crippen molar-refractivity contribution in [3.8, 4) is 28.5 Å². The Bertz CT molecular complexity index is 1550. The molecule has 0 unspecified atom stereocenters. The molecule has 5 aromatic rings. The molecule has 3 aromatic heterocycles. The van der Waals surface area contributed by atoms with E-state index in [1.54, 1.807) is 30.3 Å². The molecule has 6 nitrogen and oxygen atoms in total. The SMILES string of the molecule is CCCOc1ccc(-c2nc3sc(=Cc4ccc(-c5cccc(Cl)c5Cl)o4)c(=O)n3n2)cc1. The van der Waals surface area contributed by atoms with Gasteiger partial charge in [-0.3, -0.25) is 4.79 Å². The number of furan rings is 1. The summed E-state index contributed by atoms with van der Waals surface area (Å²) in [7, 11) is 0. The molecule has 0 bridgehead atoms. The number of hydrogen-bond donors (Lipinski definition) is 0. The van der Waals surface area contributed by atoms with Crippen molar-refractivity contribution in [1.82, 2.24) is 14.6 Å². The Morgan fingerprint density at radius 1 is 1.12 bits per heavy atom. The molecule has 0 spiro atoms. The number of ether oxygens (including phenoxy) is 1. The van der Waals surface area contributed by atoms with Gasteiger partial charge in [-0.25, -0.2) is 0 Å². The maximum absolute atomic E-state index is 12.9. The van der Waals surface area contributed by atoms with Gasteiger partial charge in [0.25, 0.3) is 5.56 Å². The Morgan fingerprint density at radius 3 is 2.70 bits per heavy atom. The quantitative estimate of drug-likeness (QED) is 0.300. The minimum atomic E-state index is -0.254. The van der Waals surface area contributed by atoms with Crippen LogP contribution in [0.4, 0.5) is 0 Å². The van der Waals surface area contributed by atoms with Crippen LogP contribution in [0.15, 0.2) is 63.8 Å². The summed E-state index contributed by atoms with van der Waals surface area (Å²) in [5, 5.41) is 5.25. The fraction of sp³-hybridized carbons (Fsp3) is 0.125. The zero-order chi connectivity index (χ0) is 22.9. The van der Waals surface area contributed by atoms with E-state index in [4.69, 9.17) is 32.4 Å². The van der Waals surface area contributed by atoms with Gasteiger partial charge < -0.3 is 9.15 Å². The number of hydrogen-bond acceptors (Lipinski definition) is 6. The first kappa shape index (κ1) is 21.7. The summed E-state index contributed by atoms with van der Waals surface area (Å²) in [5.74, 6) is 2.36. The second kappa shape index (κ2) is 9.02. The van der Waals surface area contributed by atoms with E-state index in [-0.39, 0.29) is 5.56 Å². The first-order valence-electron chi connectivity index (χ1n) is 10.2. The lowest BCUT2D eigenvalue weighted by Gasteiger charge is -2.04. The number of thiazole rings is 1. The van der Waals surface area contributed by atoms with Gasteiger partial charge in [-0.05, 0) is 55.0 Å². The molecule has 0 radical (unpaired) electrons. The third-order valence-electron chi connectivity index (χ3n) is 4.88. The molecule has 0 saturated heterocycles. The van der Waals surface area contributed by atoms with E-state index in [1.165, 1.54) is 15.9 Å². The summed E-state index contributed by atoms with van der Waals surface area (Å²) in [6.45, 7) is 2.72. The van der Waals surface area contributed by atoms with Gasteiger partial charge in [0.15, 0.2) is 5.82 Å². The summed E-state index contributed by atoms with van der Waals surface area (Å²) >= 11 is 13.6. The van der Waals surface area contributed by atoms with Crippen LogP contribution >= 0.6 is 34.5 Å². The number of aromatic nitrogens is 3. The van der Waals surface area contributed by atoms with Crippen LogP contribution in [0.5, 0.6) is 5.75 Å². The summed E-state index contributed by atoms with van der Waals surface area (Å²) in [4.78, 5) is 17.9. The largest absolute Gasteiger partial charge is 0.494 e. The number of fused-ring (bicyclic) bond motifs is 1. The predicted octanol–water partition coefficient (Wildman–Crippen LogP) is 5.72. The van der Waals surface area contributed by atoms with Crippen LogP contribution in [-0.2, 0) is 0 Å². The molecule has 9 heteroatoms. The highest BCUT2D eigenvalue weighted by molar-refractivity contribution is 7.15. The third-order valence-corrected chi connectivity index (χ3v) is 6.66. The van der Waals surface area contributed by atoms with Crippen molar-refractivity contribution >= 4 is 45.6 Å². The minimum Gasteiger partial charge on any atom is -0.494 e. The normalized spacial score (nSPS) is 12.0. The second-order valence-electron chi connectivity index (χ2n) is 7.22. The molecule has 0 amide bonds. The minimum absolute atomic E-state index is 0.254. The zero-order valence-electron chi connectivity index (χ0n) is 17.4. The van der Waals surface area contributed by atoms with Crippen molar-refractivity contribution in [3.63, 3.8) is 0 Å². The molecule has 0 N–H and O–H groups in total. The van der Waals surface area contributed by atoms with Crippen molar-refractivity contribution in [2.75, 3.05) is 6.61 Å². The highest BCUT2D eigenvalue weighted by Crippen LogP contribution is 2.34. The summed E-state index contributed by atoms with van der Waals surface area (Å²) in [6.07, 6.45) is 2.62. The monoisotopic (exact) mass is 497 g/mol. The fourth-order valence-corrected chi connectivity index (χ4v) is 4.56. The molecule has 2 aromatic carbocycles. The molecule has 0 aliphatic heterocycles. The van der Waals surface area contributed by atoms with Crippen LogP contribution in [0.1, 0.15) is 19.1 Å². The van der Waals surface area contributed by atoms with Crippen LogP contribution in [0.2, 0.25) is 10.0 Å². The van der Waals surface area contributed by atoms with E-state index in [9.17, 15) is 4.79 Å². The average Bonchev–Trinajstić information content (AvgIpc) is 3.52. The van der Waals surface area contributed by atoms with E-state index in [0.29, 0.717) is 49.1 Å². The molecule has 3 heterocycles. The summed E-state index contributed by atoms with van der Waals surface area (Å²) < 4.78 is 13.3. The molecule has 0 aliphatic rings. The Labute approximate surface area is 202 Å². The third kappa shape index (κ3) is 4.27. The standard InChI is InChI=1S/C24H17Cl2N3O3S/c1-2-12-31-15-8-6-14(7-9-15)22-27-24-29(28-22)23(30)20(33-24)13-16-10-11-19(32-16)17-4-3-5-18(25)21(17)26/h3-11,13H,2,12H2,1H3. The first-order valence-corrected chi connectivity index (χ1v) is 11.8. The highest BCUT2D eigenvalue weighted by atomic mass is 35.5. The molecule has 166 valence electrons. The van der Waals surface area contributed by atoms with Gasteiger partial charge in [0.1, 0.15) is 21.8 Å². The van der Waals surface area contributed by atoms with Crippen molar-refractivity contribution in [1.29, 1.82) is 0 Å². The van der Waals surface area contributed by atoms with Gasteiger partial charge in [-0.15, -0.1) is 5.10 Å². The summed E-state index contributed by atoms with van der Waals surface area (Å²) in [5.41, 5.74) is 1.24. The Balaban J connectivity index is 1.44. The van der Waals surface area contributed by atoms with E-state index in [0.717, 1.165) is 17.7 Å². The molecule has 0 atom stereocenters. The van der Waals surface area contributed by atoms with Crippen LogP contribution < -0.4 is 14.8 Å². The van der Waals surface area contributed by atoms with E-state index in [1.807, 2.05) is 30.3 Å². The smallest absolute Gasteiger partial charge is 0.291 e. The van der Waals surface area contributed by atoms with E-state index >= 15 is 0 Å². The van der Waals surface area contributed by atoms with Crippen molar-refractivity contribution in [2.45, 2.75) is 13.3 Å². The lowest BCUT2D eigenvalue weighted by atomic mass is 10.2. The highest BCUT2D eigenvalue weighted by Gasteiger charge is 2.14. The molecule has 0 saturated carbocycles. The number of halogens is 2. The van der Waals surface area contributed by atoms with E-state index < -0.39 is 0 Å². The Kier molecular flexibility index (Phi) is 5.93. The average molecular weight is 498 g/mol. The van der Waals surface area contributed by atoms with Crippen LogP contribution in [0.25, 0.3) is 33.7 Å². The van der Waals surface area contributed by atoms with Crippen molar-refractivity contribution < 1.29 is 9.15 Å². The number of nitrogens with zero attached hydrogens (tertiary/aromatic N) is 3. The van der Waals surface area contributed by atoms with Crippen molar-refractivity contribution in [3.05, 3.63) is 85.3 Å². The topological polar surface area (TPSA) is 69.6 Å². The van der Waals surface area contributed by atoms with Crippen LogP contribution in [0, 0.1) is 0 Å². The number of benzene rings is 2. The fourth-order valence-electron chi connectivity index (χ4n) is 3.27. The number of rotatable bonds is 6. The van der Waals surface area contributed by atoms with E-state index in [2.05, 4.69) is 17.0 Å². The molecule has 5 rings (SSSR count). The van der Waals surface area contributed by atoms with Gasteiger partial charge in [0.05, 0.1) is 16.7 Å². The lowest BCUT2D eigenvalue weighted by molar-refractivity contribution is 0.317. The Hall–Kier alpha value is -3.13. The van der Waals surface area contributed by atoms with Gasteiger partial charge >= 0.3 is 0 Å². The lowest BCUT2D eigenvalue weighted by Crippen LogP contribution is -2.23. The molecule has 0 fully saturated rings. The van der Waals surface area contributed by atoms with Crippen LogP contribution in [-0.4, -0.2) is 21.2 Å². The predicted molar refractivity (Wildman–Crippen MR) is 131 cm³/mol. The zero-order valence-corrected chi connectivity index (χ0v) is 19.7. The van der Waals surface area contributed by atoms with Gasteiger partial charge in [-0.2, -0.15) is 9.50 Å². The first-order chi connectivity index (χ1) is 16.0. The van der Waals surface area contributed by atoms with Gasteiger partial charge in [-0.1, -0.05) is 47.5 Å². The Morgan fingerprint density at radius 2 is 1.94 bits per heavy atom. The summed E-state index contributed by atoms with van der Waals surface area (Å²) in [6, 6.07) is 16.4. The van der Waals surface area contributed by atoms with Gasteiger partial charge in [0, 0.05) is 17.2 Å². The second-order valence-corrected chi connectivity index (χ2v) is 9.02. The maximum atomic E-state index is 12.9. The molecular weight excluding hydrogens is 481 g/mol. The molecular formula is C24H17Cl2N3O3S. The molecule has 0 aliphatic carbocycles. The molecule has 33 heavy (non-hydrogen) atoms. The van der Waals surface area contributed by atoms with Crippen molar-refractivity contribution in [2.24, 2.45) is 0 Å². The maximum Gasteiger partial charge on any atom is 0.291 e.